The predicted molar refractivity (Wildman–Crippen MR) is 137 cm³/mol. The summed E-state index contributed by atoms with van der Waals surface area (Å²) in [5, 5.41) is 32.5. The quantitative estimate of drug-likeness (QED) is 0.156. The number of allylic oxidation sites excluding steroid dienone is 2. The number of aliphatic hydroxyl groups excluding tert-OH is 3. The summed E-state index contributed by atoms with van der Waals surface area (Å²) in [6.07, 6.45) is 19.3. The number of hydrogen-bond donors (Lipinski definition) is 4. The number of rotatable bonds is 19. The summed E-state index contributed by atoms with van der Waals surface area (Å²) >= 11 is 1.53. The highest BCUT2D eigenvalue weighted by Gasteiger charge is 2.44. The standard InChI is InChI=1S/C26H49NO5S/c1-3-4-5-6-7-8-9-10-11-12-13-14-15-16-17-18-19-33-26-23(27-21(2)29)25(31)24(30)22(20-28)32-26/h10-11,22-26,28,30-31H,3-9,12-20H2,1-2H3,(H,27,29)/b11-10-/t22-,23-,24-,25-,26+/m1/s1. The van der Waals surface area contributed by atoms with Crippen LogP contribution < -0.4 is 5.32 Å². The van der Waals surface area contributed by atoms with Crippen LogP contribution in [0.1, 0.15) is 104 Å². The second kappa shape index (κ2) is 19.7. The van der Waals surface area contributed by atoms with Crippen LogP contribution in [-0.4, -0.2) is 63.4 Å². The van der Waals surface area contributed by atoms with E-state index >= 15 is 0 Å². The number of carbonyl (C=O) groups excluding carboxylic acids is 1. The van der Waals surface area contributed by atoms with E-state index < -0.39 is 29.8 Å². The molecule has 1 aliphatic rings. The zero-order valence-electron chi connectivity index (χ0n) is 20.9. The third-order valence-electron chi connectivity index (χ3n) is 6.19. The van der Waals surface area contributed by atoms with Crippen molar-refractivity contribution in [2.75, 3.05) is 12.4 Å². The lowest BCUT2D eigenvalue weighted by Crippen LogP contribution is -2.63. The topological polar surface area (TPSA) is 99.0 Å². The Morgan fingerprint density at radius 2 is 1.42 bits per heavy atom. The number of hydrogen-bond acceptors (Lipinski definition) is 6. The second-order valence-corrected chi connectivity index (χ2v) is 10.4. The van der Waals surface area contributed by atoms with Crippen molar-refractivity contribution in [3.8, 4) is 0 Å². The van der Waals surface area contributed by atoms with E-state index in [0.717, 1.165) is 18.6 Å². The normalized spacial score (nSPS) is 25.5. The lowest BCUT2D eigenvalue weighted by molar-refractivity contribution is -0.173. The molecule has 1 amide bonds. The Bertz CT molecular complexity index is 519. The summed E-state index contributed by atoms with van der Waals surface area (Å²) in [6, 6.07) is -0.681. The zero-order chi connectivity index (χ0) is 24.3. The molecule has 1 fully saturated rings. The van der Waals surface area contributed by atoms with Gasteiger partial charge in [0.05, 0.1) is 12.6 Å². The number of amides is 1. The molecule has 0 aromatic heterocycles. The van der Waals surface area contributed by atoms with Crippen molar-refractivity contribution in [3.63, 3.8) is 0 Å². The summed E-state index contributed by atoms with van der Waals surface area (Å²) in [5.41, 5.74) is -0.479. The van der Waals surface area contributed by atoms with E-state index in [2.05, 4.69) is 24.4 Å². The fourth-order valence-corrected chi connectivity index (χ4v) is 5.42. The molecule has 1 rings (SSSR count). The largest absolute Gasteiger partial charge is 0.394 e. The summed E-state index contributed by atoms with van der Waals surface area (Å²) < 4.78 is 5.74. The molecule has 0 radical (unpaired) electrons. The Morgan fingerprint density at radius 1 is 0.879 bits per heavy atom. The monoisotopic (exact) mass is 487 g/mol. The van der Waals surface area contributed by atoms with E-state index in [1.54, 1.807) is 0 Å². The van der Waals surface area contributed by atoms with Crippen molar-refractivity contribution in [1.82, 2.24) is 5.32 Å². The van der Waals surface area contributed by atoms with Gasteiger partial charge in [0.15, 0.2) is 0 Å². The number of unbranched alkanes of at least 4 members (excludes halogenated alkanes) is 12. The minimum absolute atomic E-state index is 0.278. The van der Waals surface area contributed by atoms with Crippen LogP contribution in [0, 0.1) is 0 Å². The number of aliphatic hydroxyl groups is 3. The van der Waals surface area contributed by atoms with E-state index in [1.807, 2.05) is 0 Å². The fraction of sp³-hybridized carbons (Fsp3) is 0.885. The molecule has 1 saturated heterocycles. The Kier molecular flexibility index (Phi) is 18.1. The SMILES string of the molecule is CCCCCCCC/C=C\CCCCCCCCS[C@@H]1O[C@H](CO)[C@@H](O)[C@H](O)[C@H]1NC(C)=O. The Labute approximate surface area is 205 Å². The van der Waals surface area contributed by atoms with Crippen molar-refractivity contribution in [3.05, 3.63) is 12.2 Å². The van der Waals surface area contributed by atoms with Gasteiger partial charge in [-0.05, 0) is 37.9 Å². The highest BCUT2D eigenvalue weighted by atomic mass is 32.2. The van der Waals surface area contributed by atoms with Crippen molar-refractivity contribution in [2.24, 2.45) is 0 Å². The molecule has 0 aliphatic carbocycles. The van der Waals surface area contributed by atoms with Crippen molar-refractivity contribution in [2.45, 2.75) is 134 Å². The van der Waals surface area contributed by atoms with Crippen LogP contribution in [0.4, 0.5) is 0 Å². The van der Waals surface area contributed by atoms with Gasteiger partial charge in [0.25, 0.3) is 0 Å². The van der Waals surface area contributed by atoms with Crippen LogP contribution in [0.5, 0.6) is 0 Å². The average molecular weight is 488 g/mol. The van der Waals surface area contributed by atoms with Gasteiger partial charge in [0, 0.05) is 6.92 Å². The van der Waals surface area contributed by atoms with Gasteiger partial charge in [-0.3, -0.25) is 4.79 Å². The van der Waals surface area contributed by atoms with Gasteiger partial charge in [-0.25, -0.2) is 0 Å². The maximum atomic E-state index is 11.5. The fourth-order valence-electron chi connectivity index (χ4n) is 4.16. The highest BCUT2D eigenvalue weighted by molar-refractivity contribution is 7.99. The lowest BCUT2D eigenvalue weighted by Gasteiger charge is -2.42. The Balaban J connectivity index is 2.05. The molecule has 0 saturated carbocycles. The lowest BCUT2D eigenvalue weighted by atomic mass is 9.98. The van der Waals surface area contributed by atoms with Crippen LogP contribution in [0.15, 0.2) is 12.2 Å². The van der Waals surface area contributed by atoms with Gasteiger partial charge in [-0.15, -0.1) is 11.8 Å². The molecule has 1 aliphatic heterocycles. The van der Waals surface area contributed by atoms with Crippen LogP contribution in [0.3, 0.4) is 0 Å². The van der Waals surface area contributed by atoms with Crippen LogP contribution in [0.25, 0.3) is 0 Å². The number of nitrogens with one attached hydrogen (secondary N) is 1. The van der Waals surface area contributed by atoms with E-state index in [1.165, 1.54) is 95.7 Å². The van der Waals surface area contributed by atoms with Crippen molar-refractivity contribution < 1.29 is 24.9 Å². The van der Waals surface area contributed by atoms with E-state index in [9.17, 15) is 20.1 Å². The molecule has 0 unspecified atom stereocenters. The van der Waals surface area contributed by atoms with Crippen LogP contribution in [-0.2, 0) is 9.53 Å². The van der Waals surface area contributed by atoms with Gasteiger partial charge in [-0.1, -0.05) is 76.9 Å². The molecule has 0 bridgehead atoms. The smallest absolute Gasteiger partial charge is 0.217 e. The molecule has 0 spiro atoms. The molecular formula is C26H49NO5S. The first kappa shape index (κ1) is 30.4. The van der Waals surface area contributed by atoms with E-state index in [0.29, 0.717) is 0 Å². The van der Waals surface area contributed by atoms with Crippen molar-refractivity contribution >= 4 is 17.7 Å². The molecule has 6 nitrogen and oxygen atoms in total. The summed E-state index contributed by atoms with van der Waals surface area (Å²) in [4.78, 5) is 11.5. The van der Waals surface area contributed by atoms with E-state index in [4.69, 9.17) is 4.74 Å². The molecular weight excluding hydrogens is 438 g/mol. The van der Waals surface area contributed by atoms with Crippen LogP contribution in [0.2, 0.25) is 0 Å². The molecule has 0 aromatic rings. The van der Waals surface area contributed by atoms with Crippen molar-refractivity contribution in [1.29, 1.82) is 0 Å². The third kappa shape index (κ3) is 13.8. The highest BCUT2D eigenvalue weighted by Crippen LogP contribution is 2.29. The number of ether oxygens (including phenoxy) is 1. The molecule has 33 heavy (non-hydrogen) atoms. The molecule has 7 heteroatoms. The average Bonchev–Trinajstić information content (AvgIpc) is 2.80. The molecule has 0 aromatic carbocycles. The maximum absolute atomic E-state index is 11.5. The Morgan fingerprint density at radius 3 is 1.97 bits per heavy atom. The van der Waals surface area contributed by atoms with Gasteiger partial charge < -0.3 is 25.4 Å². The first-order valence-electron chi connectivity index (χ1n) is 13.2. The number of carbonyl (C=O) groups is 1. The number of thioether (sulfide) groups is 1. The first-order chi connectivity index (χ1) is 16.0. The molecule has 194 valence electrons. The predicted octanol–water partition coefficient (Wildman–Crippen LogP) is 4.70. The molecule has 5 atom stereocenters. The van der Waals surface area contributed by atoms with E-state index in [-0.39, 0.29) is 12.5 Å². The van der Waals surface area contributed by atoms with Gasteiger partial charge in [0.1, 0.15) is 23.7 Å². The zero-order valence-corrected chi connectivity index (χ0v) is 21.7. The van der Waals surface area contributed by atoms with Gasteiger partial charge in [0.2, 0.25) is 5.91 Å². The molecule has 4 N–H and O–H groups in total. The minimum Gasteiger partial charge on any atom is -0.394 e. The maximum Gasteiger partial charge on any atom is 0.217 e. The first-order valence-corrected chi connectivity index (χ1v) is 14.2. The molecule has 1 heterocycles. The Hall–Kier alpha value is -0.600. The summed E-state index contributed by atoms with van der Waals surface area (Å²) in [5.74, 6) is 0.572. The third-order valence-corrected chi connectivity index (χ3v) is 7.45. The minimum atomic E-state index is -1.21. The summed E-state index contributed by atoms with van der Waals surface area (Å²) in [7, 11) is 0. The summed E-state index contributed by atoms with van der Waals surface area (Å²) in [6.45, 7) is 3.27. The van der Waals surface area contributed by atoms with Gasteiger partial charge in [-0.2, -0.15) is 0 Å². The van der Waals surface area contributed by atoms with Crippen LogP contribution >= 0.6 is 11.8 Å². The van der Waals surface area contributed by atoms with Gasteiger partial charge >= 0.3 is 0 Å². The second-order valence-electron chi connectivity index (χ2n) is 9.24.